The van der Waals surface area contributed by atoms with Crippen LogP contribution in [-0.2, 0) is 11.3 Å². The smallest absolute Gasteiger partial charge is 0.227 e. The van der Waals surface area contributed by atoms with Gasteiger partial charge in [0.15, 0.2) is 0 Å². The number of nitrogens with one attached hydrogen (secondary N) is 1. The van der Waals surface area contributed by atoms with Crippen molar-refractivity contribution in [1.82, 2.24) is 19.6 Å². The zero-order chi connectivity index (χ0) is 17.9. The predicted octanol–water partition coefficient (Wildman–Crippen LogP) is 2.74. The number of nitrogens with zero attached hydrogens (tertiary/aromatic N) is 4. The molecule has 0 saturated heterocycles. The van der Waals surface area contributed by atoms with Gasteiger partial charge in [0, 0.05) is 17.9 Å². The Bertz CT molecular complexity index is 985. The number of aryl methyl sites for hydroxylation is 1. The van der Waals surface area contributed by atoms with Gasteiger partial charge in [-0.2, -0.15) is 10.2 Å². The van der Waals surface area contributed by atoms with Crippen LogP contribution >= 0.6 is 0 Å². The molecule has 0 radical (unpaired) electrons. The fourth-order valence-electron chi connectivity index (χ4n) is 3.61. The molecule has 1 N–H and O–H groups in total. The second kappa shape index (κ2) is 7.11. The average molecular weight is 351 g/mol. The van der Waals surface area contributed by atoms with E-state index in [4.69, 9.17) is 0 Å². The Kier molecular flexibility index (Phi) is 4.51. The zero-order valence-corrected chi connectivity index (χ0v) is 14.5. The van der Waals surface area contributed by atoms with Gasteiger partial charge in [0.2, 0.25) is 11.3 Å². The van der Waals surface area contributed by atoms with Crippen LogP contribution in [0.15, 0.2) is 47.5 Å². The van der Waals surface area contributed by atoms with Gasteiger partial charge in [0.05, 0.1) is 30.5 Å². The molecule has 26 heavy (non-hydrogen) atoms. The number of hydrogen-bond donors (Lipinski definition) is 1. The third-order valence-corrected chi connectivity index (χ3v) is 4.92. The molecule has 1 aromatic carbocycles. The quantitative estimate of drug-likeness (QED) is 0.766. The molecular weight excluding hydrogens is 330 g/mol. The number of carbonyl (C=O) groups is 1. The summed E-state index contributed by atoms with van der Waals surface area (Å²) in [5.41, 5.74) is 0.630. The predicted molar refractivity (Wildman–Crippen MR) is 99.0 cm³/mol. The topological polar surface area (TPSA) is 81.8 Å². The minimum Gasteiger partial charge on any atom is -0.311 e. The monoisotopic (exact) mass is 351 g/mol. The lowest BCUT2D eigenvalue weighted by molar-refractivity contribution is -0.116. The summed E-state index contributed by atoms with van der Waals surface area (Å²) in [4.78, 5) is 24.3. The second-order valence-corrected chi connectivity index (χ2v) is 6.65. The molecule has 0 spiro atoms. The van der Waals surface area contributed by atoms with Gasteiger partial charge in [-0.05, 0) is 25.0 Å². The summed E-state index contributed by atoms with van der Waals surface area (Å²) < 4.78 is 3.63. The first-order valence-corrected chi connectivity index (χ1v) is 9.00. The van der Waals surface area contributed by atoms with Crippen LogP contribution < -0.4 is 10.7 Å². The molecule has 7 heteroatoms. The molecule has 1 aliphatic rings. The number of aromatic nitrogens is 4. The van der Waals surface area contributed by atoms with Gasteiger partial charge >= 0.3 is 0 Å². The van der Waals surface area contributed by atoms with Gasteiger partial charge in [-0.25, -0.2) is 4.68 Å². The maximum absolute atomic E-state index is 12.4. The number of carbonyl (C=O) groups excluding carboxylic acids is 1. The Morgan fingerprint density at radius 2 is 1.96 bits per heavy atom. The van der Waals surface area contributed by atoms with E-state index in [0.29, 0.717) is 18.0 Å². The molecule has 1 fully saturated rings. The zero-order valence-electron chi connectivity index (χ0n) is 14.5. The molecule has 1 saturated carbocycles. The number of benzene rings is 1. The molecule has 0 unspecified atom stereocenters. The number of amides is 1. The molecule has 3 aromatic rings. The molecule has 0 atom stereocenters. The van der Waals surface area contributed by atoms with Crippen molar-refractivity contribution in [3.63, 3.8) is 0 Å². The van der Waals surface area contributed by atoms with Crippen molar-refractivity contribution in [3.8, 4) is 0 Å². The summed E-state index contributed by atoms with van der Waals surface area (Å²) in [6.45, 7) is 0.407. The normalized spacial score (nSPS) is 14.8. The number of hydrogen-bond acceptors (Lipinski definition) is 4. The van der Waals surface area contributed by atoms with E-state index in [9.17, 15) is 9.59 Å². The Balaban J connectivity index is 1.45. The standard InChI is InChI=1S/C19H21N5O2/c25-17-13-21-23(16-8-4-3-7-15(16)17)12-10-19(26)22-18-9-11-20-24(18)14-5-1-2-6-14/h3-4,7-9,11,13-14H,1-2,5-6,10,12H2,(H,22,26). The van der Waals surface area contributed by atoms with Gasteiger partial charge < -0.3 is 5.32 Å². The summed E-state index contributed by atoms with van der Waals surface area (Å²) >= 11 is 0. The lowest BCUT2D eigenvalue weighted by Gasteiger charge is -2.15. The third-order valence-electron chi connectivity index (χ3n) is 4.92. The van der Waals surface area contributed by atoms with E-state index in [1.165, 1.54) is 19.0 Å². The highest BCUT2D eigenvalue weighted by molar-refractivity contribution is 5.90. The fraction of sp³-hybridized carbons (Fsp3) is 0.368. The molecular formula is C19H21N5O2. The molecule has 0 aliphatic heterocycles. The van der Waals surface area contributed by atoms with Crippen molar-refractivity contribution in [3.05, 3.63) is 52.9 Å². The van der Waals surface area contributed by atoms with Crippen LogP contribution in [0.5, 0.6) is 0 Å². The van der Waals surface area contributed by atoms with E-state index in [2.05, 4.69) is 15.5 Å². The molecule has 134 valence electrons. The maximum Gasteiger partial charge on any atom is 0.227 e. The van der Waals surface area contributed by atoms with Crippen LogP contribution in [0, 0.1) is 0 Å². The fourth-order valence-corrected chi connectivity index (χ4v) is 3.61. The highest BCUT2D eigenvalue weighted by Gasteiger charge is 2.20. The Morgan fingerprint density at radius 1 is 1.15 bits per heavy atom. The van der Waals surface area contributed by atoms with Gasteiger partial charge in [-0.15, -0.1) is 0 Å². The minimum atomic E-state index is -0.109. The van der Waals surface area contributed by atoms with Crippen LogP contribution in [0.1, 0.15) is 38.1 Å². The lowest BCUT2D eigenvalue weighted by atomic mass is 10.2. The molecule has 1 aliphatic carbocycles. The second-order valence-electron chi connectivity index (χ2n) is 6.65. The lowest BCUT2D eigenvalue weighted by Crippen LogP contribution is -2.20. The Labute approximate surface area is 150 Å². The molecule has 1 amide bonds. The van der Waals surface area contributed by atoms with Crippen molar-refractivity contribution >= 4 is 22.6 Å². The van der Waals surface area contributed by atoms with Gasteiger partial charge in [0.25, 0.3) is 0 Å². The van der Waals surface area contributed by atoms with E-state index in [0.717, 1.165) is 24.2 Å². The summed E-state index contributed by atoms with van der Waals surface area (Å²) in [6.07, 6.45) is 7.94. The van der Waals surface area contributed by atoms with Crippen molar-refractivity contribution in [2.75, 3.05) is 5.32 Å². The Hall–Kier alpha value is -2.96. The largest absolute Gasteiger partial charge is 0.311 e. The van der Waals surface area contributed by atoms with Crippen molar-refractivity contribution in [2.45, 2.75) is 44.7 Å². The first-order chi connectivity index (χ1) is 12.7. The summed E-state index contributed by atoms with van der Waals surface area (Å²) in [5.74, 6) is 0.661. The maximum atomic E-state index is 12.4. The number of anilines is 1. The molecule has 2 heterocycles. The summed E-state index contributed by atoms with van der Waals surface area (Å²) in [6, 6.07) is 9.52. The molecule has 7 nitrogen and oxygen atoms in total. The van der Waals surface area contributed by atoms with Crippen LogP contribution in [0.2, 0.25) is 0 Å². The minimum absolute atomic E-state index is 0.0886. The van der Waals surface area contributed by atoms with Crippen LogP contribution in [0.25, 0.3) is 10.9 Å². The van der Waals surface area contributed by atoms with Gasteiger partial charge in [-0.1, -0.05) is 25.0 Å². The Morgan fingerprint density at radius 3 is 2.81 bits per heavy atom. The molecule has 2 aromatic heterocycles. The van der Waals surface area contributed by atoms with Crippen molar-refractivity contribution in [2.24, 2.45) is 0 Å². The highest BCUT2D eigenvalue weighted by Crippen LogP contribution is 2.31. The van der Waals surface area contributed by atoms with E-state index in [1.54, 1.807) is 16.9 Å². The van der Waals surface area contributed by atoms with E-state index < -0.39 is 0 Å². The molecule has 0 bridgehead atoms. The number of fused-ring (bicyclic) bond motifs is 1. The third kappa shape index (κ3) is 3.24. The average Bonchev–Trinajstić information content (AvgIpc) is 3.33. The number of rotatable bonds is 5. The van der Waals surface area contributed by atoms with Crippen LogP contribution in [-0.4, -0.2) is 25.5 Å². The van der Waals surface area contributed by atoms with E-state index >= 15 is 0 Å². The van der Waals surface area contributed by atoms with Gasteiger partial charge in [0.1, 0.15) is 5.82 Å². The van der Waals surface area contributed by atoms with Crippen molar-refractivity contribution < 1.29 is 4.79 Å². The first kappa shape index (κ1) is 16.5. The highest BCUT2D eigenvalue weighted by atomic mass is 16.1. The SMILES string of the molecule is O=C(CCn1ncc(=O)c2ccccc21)Nc1ccnn1C1CCCC1. The van der Waals surface area contributed by atoms with Crippen LogP contribution in [0.3, 0.4) is 0 Å². The number of para-hydroxylation sites is 1. The summed E-state index contributed by atoms with van der Waals surface area (Å²) in [5, 5.41) is 12.1. The summed E-state index contributed by atoms with van der Waals surface area (Å²) in [7, 11) is 0. The van der Waals surface area contributed by atoms with E-state index in [-0.39, 0.29) is 17.8 Å². The van der Waals surface area contributed by atoms with Crippen LogP contribution in [0.4, 0.5) is 5.82 Å². The first-order valence-electron chi connectivity index (χ1n) is 9.00. The molecule has 4 rings (SSSR count). The van der Waals surface area contributed by atoms with Crippen molar-refractivity contribution in [1.29, 1.82) is 0 Å². The van der Waals surface area contributed by atoms with E-state index in [1.807, 2.05) is 28.9 Å². The van der Waals surface area contributed by atoms with Gasteiger partial charge in [-0.3, -0.25) is 14.3 Å².